The summed E-state index contributed by atoms with van der Waals surface area (Å²) in [6.07, 6.45) is 3.48. The molecule has 0 spiro atoms. The molecule has 1 N–H and O–H groups in total. The normalized spacial score (nSPS) is 14.1. The highest BCUT2D eigenvalue weighted by molar-refractivity contribution is 5.24. The molecule has 1 aromatic carbocycles. The van der Waals surface area contributed by atoms with E-state index in [1.165, 1.54) is 11.1 Å². The fourth-order valence-electron chi connectivity index (χ4n) is 2.25. The summed E-state index contributed by atoms with van der Waals surface area (Å²) in [5.41, 5.74) is 4.58. The molecule has 0 radical (unpaired) electrons. The van der Waals surface area contributed by atoms with Crippen LogP contribution in [0.1, 0.15) is 48.4 Å². The molecule has 3 nitrogen and oxygen atoms in total. The molecule has 0 bridgehead atoms. The van der Waals surface area contributed by atoms with E-state index in [9.17, 15) is 0 Å². The zero-order valence-corrected chi connectivity index (χ0v) is 12.0. The van der Waals surface area contributed by atoms with Crippen molar-refractivity contribution in [3.63, 3.8) is 0 Å². The Kier molecular flexibility index (Phi) is 4.27. The largest absolute Gasteiger partial charge is 0.302 e. The summed E-state index contributed by atoms with van der Waals surface area (Å²) < 4.78 is 0. The Morgan fingerprint density at radius 2 is 1.53 bits per heavy atom. The molecule has 0 aliphatic rings. The molecule has 0 aliphatic carbocycles. The minimum Gasteiger partial charge on any atom is -0.302 e. The Balaban J connectivity index is 2.08. The van der Waals surface area contributed by atoms with Gasteiger partial charge in [0.25, 0.3) is 0 Å². The number of aromatic nitrogens is 2. The van der Waals surface area contributed by atoms with Crippen LogP contribution in [0.2, 0.25) is 0 Å². The molecule has 2 rings (SSSR count). The number of aryl methyl sites for hydroxylation is 2. The second-order valence-corrected chi connectivity index (χ2v) is 5.05. The van der Waals surface area contributed by atoms with E-state index >= 15 is 0 Å². The first-order valence-corrected chi connectivity index (χ1v) is 6.68. The molecule has 0 saturated heterocycles. The third-order valence-corrected chi connectivity index (χ3v) is 3.41. The number of nitrogens with zero attached hydrogens (tertiary/aromatic N) is 2. The van der Waals surface area contributed by atoms with Gasteiger partial charge in [-0.15, -0.1) is 0 Å². The molecule has 0 fully saturated rings. The molecule has 1 heterocycles. The van der Waals surface area contributed by atoms with Crippen LogP contribution >= 0.6 is 0 Å². The van der Waals surface area contributed by atoms with Crippen LogP contribution < -0.4 is 5.32 Å². The third kappa shape index (κ3) is 3.38. The van der Waals surface area contributed by atoms with Crippen molar-refractivity contribution in [1.82, 2.24) is 15.3 Å². The molecular formula is C16H21N3. The summed E-state index contributed by atoms with van der Waals surface area (Å²) >= 11 is 0. The topological polar surface area (TPSA) is 37.8 Å². The van der Waals surface area contributed by atoms with Gasteiger partial charge in [0.2, 0.25) is 0 Å². The lowest BCUT2D eigenvalue weighted by atomic mass is 10.0. The Hall–Kier alpha value is -1.74. The molecule has 0 aliphatic heterocycles. The maximum absolute atomic E-state index is 4.41. The maximum Gasteiger partial charge on any atom is 0.0782 e. The zero-order chi connectivity index (χ0) is 13.8. The van der Waals surface area contributed by atoms with Crippen molar-refractivity contribution in [1.29, 1.82) is 0 Å². The monoisotopic (exact) mass is 255 g/mol. The van der Waals surface area contributed by atoms with Crippen LogP contribution in [-0.4, -0.2) is 9.97 Å². The van der Waals surface area contributed by atoms with Gasteiger partial charge in [0.1, 0.15) is 0 Å². The highest BCUT2D eigenvalue weighted by Crippen LogP contribution is 2.19. The SMILES string of the molecule is Cc1ccc(C(C)NC(C)c2nccnc2C)cc1. The second-order valence-electron chi connectivity index (χ2n) is 5.05. The molecule has 2 atom stereocenters. The lowest BCUT2D eigenvalue weighted by Crippen LogP contribution is -2.24. The van der Waals surface area contributed by atoms with E-state index in [-0.39, 0.29) is 12.1 Å². The van der Waals surface area contributed by atoms with Gasteiger partial charge in [0.05, 0.1) is 11.4 Å². The van der Waals surface area contributed by atoms with Gasteiger partial charge in [-0.2, -0.15) is 0 Å². The van der Waals surface area contributed by atoms with Gasteiger partial charge >= 0.3 is 0 Å². The van der Waals surface area contributed by atoms with E-state index in [1.807, 2.05) is 6.92 Å². The van der Waals surface area contributed by atoms with Crippen LogP contribution in [0.3, 0.4) is 0 Å². The number of hydrogen-bond donors (Lipinski definition) is 1. The summed E-state index contributed by atoms with van der Waals surface area (Å²) in [4.78, 5) is 8.70. The predicted molar refractivity (Wildman–Crippen MR) is 77.9 cm³/mol. The highest BCUT2D eigenvalue weighted by atomic mass is 15.0. The molecule has 0 saturated carbocycles. The van der Waals surface area contributed by atoms with E-state index in [0.29, 0.717) is 0 Å². The van der Waals surface area contributed by atoms with Crippen LogP contribution in [0.15, 0.2) is 36.7 Å². The Morgan fingerprint density at radius 3 is 2.16 bits per heavy atom. The Labute approximate surface area is 115 Å². The first-order chi connectivity index (χ1) is 9.08. The molecular weight excluding hydrogens is 234 g/mol. The number of rotatable bonds is 4. The van der Waals surface area contributed by atoms with Crippen molar-refractivity contribution >= 4 is 0 Å². The van der Waals surface area contributed by atoms with Gasteiger partial charge in [-0.3, -0.25) is 9.97 Å². The maximum atomic E-state index is 4.41. The number of benzene rings is 1. The van der Waals surface area contributed by atoms with Crippen LogP contribution in [0, 0.1) is 13.8 Å². The Morgan fingerprint density at radius 1 is 0.895 bits per heavy atom. The quantitative estimate of drug-likeness (QED) is 0.908. The highest BCUT2D eigenvalue weighted by Gasteiger charge is 2.14. The molecule has 1 aromatic heterocycles. The van der Waals surface area contributed by atoms with Crippen LogP contribution in [-0.2, 0) is 0 Å². The first kappa shape index (κ1) is 13.7. The van der Waals surface area contributed by atoms with Gasteiger partial charge in [-0.25, -0.2) is 0 Å². The van der Waals surface area contributed by atoms with Crippen molar-refractivity contribution in [3.05, 3.63) is 59.2 Å². The second kappa shape index (κ2) is 5.93. The van der Waals surface area contributed by atoms with E-state index in [2.05, 4.69) is 60.3 Å². The lowest BCUT2D eigenvalue weighted by molar-refractivity contribution is 0.483. The zero-order valence-electron chi connectivity index (χ0n) is 12.0. The summed E-state index contributed by atoms with van der Waals surface area (Å²) in [5, 5.41) is 3.57. The third-order valence-electron chi connectivity index (χ3n) is 3.41. The van der Waals surface area contributed by atoms with Crippen molar-refractivity contribution in [3.8, 4) is 0 Å². The van der Waals surface area contributed by atoms with Gasteiger partial charge in [0, 0.05) is 24.5 Å². The molecule has 2 unspecified atom stereocenters. The van der Waals surface area contributed by atoms with Crippen molar-refractivity contribution < 1.29 is 0 Å². The predicted octanol–water partition coefficient (Wildman–Crippen LogP) is 3.51. The average Bonchev–Trinajstić information content (AvgIpc) is 2.39. The van der Waals surface area contributed by atoms with Crippen molar-refractivity contribution in [2.75, 3.05) is 0 Å². The standard InChI is InChI=1S/C16H21N3/c1-11-5-7-15(8-6-11)12(2)19-14(4)16-13(3)17-9-10-18-16/h5-10,12,14,19H,1-4H3. The lowest BCUT2D eigenvalue weighted by Gasteiger charge is -2.21. The van der Waals surface area contributed by atoms with Crippen molar-refractivity contribution in [2.45, 2.75) is 39.8 Å². The fourth-order valence-corrected chi connectivity index (χ4v) is 2.25. The smallest absolute Gasteiger partial charge is 0.0782 e. The molecule has 2 aromatic rings. The van der Waals surface area contributed by atoms with Gasteiger partial charge in [0.15, 0.2) is 0 Å². The summed E-state index contributed by atoms with van der Waals surface area (Å²) in [6, 6.07) is 9.10. The fraction of sp³-hybridized carbons (Fsp3) is 0.375. The first-order valence-electron chi connectivity index (χ1n) is 6.68. The number of nitrogens with one attached hydrogen (secondary N) is 1. The van der Waals surface area contributed by atoms with Gasteiger partial charge in [-0.1, -0.05) is 29.8 Å². The summed E-state index contributed by atoms with van der Waals surface area (Å²) in [6.45, 7) is 8.40. The summed E-state index contributed by atoms with van der Waals surface area (Å²) in [7, 11) is 0. The van der Waals surface area contributed by atoms with Crippen LogP contribution in [0.25, 0.3) is 0 Å². The van der Waals surface area contributed by atoms with Crippen molar-refractivity contribution in [2.24, 2.45) is 0 Å². The Bertz CT molecular complexity index is 534. The van der Waals surface area contributed by atoms with Crippen LogP contribution in [0.4, 0.5) is 0 Å². The van der Waals surface area contributed by atoms with Gasteiger partial charge < -0.3 is 5.32 Å². The van der Waals surface area contributed by atoms with E-state index in [4.69, 9.17) is 0 Å². The minimum absolute atomic E-state index is 0.185. The molecule has 19 heavy (non-hydrogen) atoms. The van der Waals surface area contributed by atoms with E-state index in [0.717, 1.165) is 11.4 Å². The molecule has 100 valence electrons. The number of hydrogen-bond acceptors (Lipinski definition) is 3. The minimum atomic E-state index is 0.185. The van der Waals surface area contributed by atoms with E-state index < -0.39 is 0 Å². The summed E-state index contributed by atoms with van der Waals surface area (Å²) in [5.74, 6) is 0. The molecule has 0 amide bonds. The van der Waals surface area contributed by atoms with Crippen LogP contribution in [0.5, 0.6) is 0 Å². The average molecular weight is 255 g/mol. The van der Waals surface area contributed by atoms with E-state index in [1.54, 1.807) is 12.4 Å². The van der Waals surface area contributed by atoms with Gasteiger partial charge in [-0.05, 0) is 33.3 Å². The molecule has 3 heteroatoms.